The minimum atomic E-state index is -3.52. The van der Waals surface area contributed by atoms with Crippen LogP contribution in [0, 0.1) is 6.92 Å². The van der Waals surface area contributed by atoms with Crippen molar-refractivity contribution in [2.24, 2.45) is 0 Å². The number of rotatable bonds is 12. The lowest BCUT2D eigenvalue weighted by Gasteiger charge is -2.30. The van der Waals surface area contributed by atoms with Crippen molar-refractivity contribution in [1.29, 1.82) is 0 Å². The number of nitrogens with zero attached hydrogens (tertiary/aromatic N) is 2. The maximum absolute atomic E-state index is 13.3. The summed E-state index contributed by atoms with van der Waals surface area (Å²) in [6, 6.07) is 13.7. The van der Waals surface area contributed by atoms with E-state index < -0.39 is 16.1 Å². The van der Waals surface area contributed by atoms with Crippen LogP contribution in [0.15, 0.2) is 48.5 Å². The van der Waals surface area contributed by atoms with Gasteiger partial charge in [-0.05, 0) is 69.0 Å². The van der Waals surface area contributed by atoms with Gasteiger partial charge in [0.2, 0.25) is 21.8 Å². The molecule has 35 heavy (non-hydrogen) atoms. The maximum atomic E-state index is 13.3. The molecule has 0 aliphatic heterocycles. The summed E-state index contributed by atoms with van der Waals surface area (Å²) in [6.45, 7) is 7.88. The van der Waals surface area contributed by atoms with Gasteiger partial charge < -0.3 is 10.2 Å². The third kappa shape index (κ3) is 8.85. The first-order valence-corrected chi connectivity index (χ1v) is 14.0. The van der Waals surface area contributed by atoms with Crippen molar-refractivity contribution < 1.29 is 18.0 Å². The molecule has 9 heteroatoms. The average molecular weight is 522 g/mol. The Kier molecular flexibility index (Phi) is 10.6. The first kappa shape index (κ1) is 28.7. The fourth-order valence-electron chi connectivity index (χ4n) is 3.67. The monoisotopic (exact) mass is 521 g/mol. The Morgan fingerprint density at radius 3 is 2.37 bits per heavy atom. The molecule has 2 atom stereocenters. The number of carbonyl (C=O) groups is 2. The Balaban J connectivity index is 2.17. The van der Waals surface area contributed by atoms with Crippen LogP contribution in [0.25, 0.3) is 0 Å². The zero-order chi connectivity index (χ0) is 26.2. The molecule has 2 aromatic rings. The van der Waals surface area contributed by atoms with E-state index in [1.807, 2.05) is 32.9 Å². The van der Waals surface area contributed by atoms with Crippen LogP contribution >= 0.6 is 11.6 Å². The highest BCUT2D eigenvalue weighted by atomic mass is 35.5. The average Bonchev–Trinajstić information content (AvgIpc) is 2.78. The number of carbonyl (C=O) groups excluding carboxylic acids is 2. The van der Waals surface area contributed by atoms with Crippen LogP contribution in [0.1, 0.15) is 51.2 Å². The lowest BCUT2D eigenvalue weighted by molar-refractivity contribution is -0.140. The van der Waals surface area contributed by atoms with Gasteiger partial charge in [-0.2, -0.15) is 0 Å². The quantitative estimate of drug-likeness (QED) is 0.444. The highest BCUT2D eigenvalue weighted by molar-refractivity contribution is 7.92. The van der Waals surface area contributed by atoms with Gasteiger partial charge in [0, 0.05) is 30.6 Å². The predicted octanol–water partition coefficient (Wildman–Crippen LogP) is 4.53. The second kappa shape index (κ2) is 12.9. The van der Waals surface area contributed by atoms with E-state index in [4.69, 9.17) is 11.6 Å². The number of nitrogens with one attached hydrogen (secondary N) is 1. The number of hydrogen-bond acceptors (Lipinski definition) is 4. The normalized spacial score (nSPS) is 13.1. The van der Waals surface area contributed by atoms with E-state index in [2.05, 4.69) is 5.32 Å². The number of anilines is 1. The predicted molar refractivity (Wildman–Crippen MR) is 142 cm³/mol. The van der Waals surface area contributed by atoms with Crippen molar-refractivity contribution in [3.63, 3.8) is 0 Å². The number of sulfonamides is 1. The maximum Gasteiger partial charge on any atom is 0.242 e. The molecule has 0 saturated carbocycles. The minimum Gasteiger partial charge on any atom is -0.352 e. The second-order valence-corrected chi connectivity index (χ2v) is 11.3. The summed E-state index contributed by atoms with van der Waals surface area (Å²) in [5, 5.41) is 3.49. The zero-order valence-corrected chi connectivity index (χ0v) is 22.7. The Morgan fingerprint density at radius 1 is 1.09 bits per heavy atom. The number of benzene rings is 2. The van der Waals surface area contributed by atoms with Gasteiger partial charge in [-0.1, -0.05) is 42.8 Å². The van der Waals surface area contributed by atoms with Crippen LogP contribution in [-0.2, 0) is 26.2 Å². The summed E-state index contributed by atoms with van der Waals surface area (Å²) in [5.41, 5.74) is 2.32. The molecule has 0 bridgehead atoms. The lowest BCUT2D eigenvalue weighted by atomic mass is 10.1. The van der Waals surface area contributed by atoms with Crippen LogP contribution in [0.3, 0.4) is 0 Å². The van der Waals surface area contributed by atoms with Crippen LogP contribution in [0.2, 0.25) is 5.02 Å². The van der Waals surface area contributed by atoms with Gasteiger partial charge in [0.05, 0.1) is 11.9 Å². The molecular weight excluding hydrogens is 486 g/mol. The van der Waals surface area contributed by atoms with E-state index in [-0.39, 0.29) is 37.4 Å². The standard InChI is InChI=1S/C26H36ClN3O4S/c1-6-20(3)28-26(32)21(4)29(18-22-11-8-12-23(27)17-22)25(31)14-9-15-30(35(5,33)34)24-13-7-10-19(2)16-24/h7-8,10-13,16-17,20-21H,6,9,14-15,18H2,1-5H3,(H,28,32). The van der Waals surface area contributed by atoms with Gasteiger partial charge in [-0.25, -0.2) is 8.42 Å². The second-order valence-electron chi connectivity index (χ2n) is 8.92. The Hall–Kier alpha value is -2.58. The SMILES string of the molecule is CCC(C)NC(=O)C(C)N(Cc1cccc(Cl)c1)C(=O)CCCN(c1cccc(C)c1)S(C)(=O)=O. The van der Waals surface area contributed by atoms with E-state index in [1.165, 1.54) is 9.21 Å². The molecule has 1 N–H and O–H groups in total. The van der Waals surface area contributed by atoms with E-state index in [9.17, 15) is 18.0 Å². The Morgan fingerprint density at radius 2 is 1.77 bits per heavy atom. The molecule has 0 spiro atoms. The third-order valence-electron chi connectivity index (χ3n) is 5.85. The summed E-state index contributed by atoms with van der Waals surface area (Å²) < 4.78 is 26.2. The fourth-order valence-corrected chi connectivity index (χ4v) is 4.84. The van der Waals surface area contributed by atoms with Gasteiger partial charge in [0.25, 0.3) is 0 Å². The summed E-state index contributed by atoms with van der Waals surface area (Å²) in [4.78, 5) is 27.7. The smallest absolute Gasteiger partial charge is 0.242 e. The molecule has 7 nitrogen and oxygen atoms in total. The van der Waals surface area contributed by atoms with Crippen LogP contribution in [-0.4, -0.2) is 50.0 Å². The van der Waals surface area contributed by atoms with Gasteiger partial charge in [0.1, 0.15) is 6.04 Å². The van der Waals surface area contributed by atoms with Gasteiger partial charge in [-0.15, -0.1) is 0 Å². The molecule has 0 aliphatic carbocycles. The van der Waals surface area contributed by atoms with Crippen LogP contribution < -0.4 is 9.62 Å². The highest BCUT2D eigenvalue weighted by Crippen LogP contribution is 2.21. The molecule has 2 unspecified atom stereocenters. The largest absolute Gasteiger partial charge is 0.352 e. The molecule has 0 radical (unpaired) electrons. The highest BCUT2D eigenvalue weighted by Gasteiger charge is 2.27. The van der Waals surface area contributed by atoms with E-state index in [0.717, 1.165) is 23.8 Å². The first-order valence-electron chi connectivity index (χ1n) is 11.8. The topological polar surface area (TPSA) is 86.8 Å². The summed E-state index contributed by atoms with van der Waals surface area (Å²) in [7, 11) is -3.52. The van der Waals surface area contributed by atoms with Crippen molar-refractivity contribution in [2.45, 2.75) is 65.6 Å². The zero-order valence-electron chi connectivity index (χ0n) is 21.1. The van der Waals surface area contributed by atoms with Crippen molar-refractivity contribution in [1.82, 2.24) is 10.2 Å². The molecule has 0 aliphatic rings. The van der Waals surface area contributed by atoms with Crippen LogP contribution in [0.5, 0.6) is 0 Å². The lowest BCUT2D eigenvalue weighted by Crippen LogP contribution is -2.49. The summed E-state index contributed by atoms with van der Waals surface area (Å²) in [6.07, 6.45) is 2.34. The number of amides is 2. The van der Waals surface area contributed by atoms with Crippen LogP contribution in [0.4, 0.5) is 5.69 Å². The third-order valence-corrected chi connectivity index (χ3v) is 7.28. The number of aryl methyl sites for hydroxylation is 1. The fraction of sp³-hybridized carbons (Fsp3) is 0.462. The molecule has 2 aromatic carbocycles. The molecule has 2 rings (SSSR count). The van der Waals surface area contributed by atoms with Gasteiger partial charge in [-0.3, -0.25) is 13.9 Å². The van der Waals surface area contributed by atoms with Gasteiger partial charge in [0.15, 0.2) is 0 Å². The van der Waals surface area contributed by atoms with Crippen molar-refractivity contribution in [2.75, 3.05) is 17.1 Å². The molecule has 2 amide bonds. The van der Waals surface area contributed by atoms with Gasteiger partial charge >= 0.3 is 0 Å². The Labute approximate surface area is 214 Å². The minimum absolute atomic E-state index is 0.00859. The molecule has 0 saturated heterocycles. The summed E-state index contributed by atoms with van der Waals surface area (Å²) in [5.74, 6) is -0.457. The summed E-state index contributed by atoms with van der Waals surface area (Å²) >= 11 is 6.12. The molecule has 192 valence electrons. The molecule has 0 aromatic heterocycles. The number of halogens is 1. The van der Waals surface area contributed by atoms with E-state index in [1.54, 1.807) is 43.3 Å². The van der Waals surface area contributed by atoms with E-state index >= 15 is 0 Å². The molecular formula is C26H36ClN3O4S. The number of hydrogen-bond donors (Lipinski definition) is 1. The molecule has 0 heterocycles. The van der Waals surface area contributed by atoms with E-state index in [0.29, 0.717) is 17.1 Å². The Bertz CT molecular complexity index is 1120. The van der Waals surface area contributed by atoms with Crippen molar-refractivity contribution in [3.05, 3.63) is 64.7 Å². The van der Waals surface area contributed by atoms with Crippen molar-refractivity contribution in [3.8, 4) is 0 Å². The first-order chi connectivity index (χ1) is 16.4. The van der Waals surface area contributed by atoms with Crippen molar-refractivity contribution >= 4 is 39.1 Å². The molecule has 0 fully saturated rings.